The van der Waals surface area contributed by atoms with Crippen molar-refractivity contribution in [2.75, 3.05) is 33.9 Å². The SMILES string of the molecule is COc1ccc(S(=O)(=O)N2CCN(C(C)=O)CC2C(=O)NCc2ccc(C(F)(F)F)cc2)cc1OC. The fourth-order valence-corrected chi connectivity index (χ4v) is 5.37. The molecular weight excluding hydrogens is 503 g/mol. The number of carbonyl (C=O) groups excluding carboxylic acids is 2. The van der Waals surface area contributed by atoms with E-state index in [9.17, 15) is 31.2 Å². The smallest absolute Gasteiger partial charge is 0.416 e. The third-order valence-electron chi connectivity index (χ3n) is 5.79. The lowest BCUT2D eigenvalue weighted by Gasteiger charge is -2.39. The fourth-order valence-electron chi connectivity index (χ4n) is 3.78. The zero-order valence-electron chi connectivity index (χ0n) is 19.8. The Morgan fingerprint density at radius 3 is 2.22 bits per heavy atom. The Bertz CT molecular complexity index is 1220. The number of benzene rings is 2. The standard InChI is InChI=1S/C23H26F3N3O6S/c1-15(30)28-10-11-29(36(32,33)18-8-9-20(34-2)21(12-18)35-3)19(14-28)22(31)27-13-16-4-6-17(7-5-16)23(24,25)26/h4-9,12,19H,10-11,13-14H2,1-3H3,(H,27,31). The molecule has 2 aromatic rings. The molecule has 2 amide bonds. The van der Waals surface area contributed by atoms with E-state index in [0.717, 1.165) is 16.4 Å². The predicted molar refractivity (Wildman–Crippen MR) is 123 cm³/mol. The summed E-state index contributed by atoms with van der Waals surface area (Å²) < 4.78 is 76.7. The minimum absolute atomic E-state index is 0.0878. The number of sulfonamides is 1. The van der Waals surface area contributed by atoms with Crippen LogP contribution in [0, 0.1) is 0 Å². The molecule has 3 rings (SSSR count). The van der Waals surface area contributed by atoms with Gasteiger partial charge >= 0.3 is 6.18 Å². The van der Waals surface area contributed by atoms with Gasteiger partial charge in [0.25, 0.3) is 0 Å². The van der Waals surface area contributed by atoms with Gasteiger partial charge < -0.3 is 19.7 Å². The van der Waals surface area contributed by atoms with Crippen LogP contribution in [-0.2, 0) is 32.3 Å². The second-order valence-corrected chi connectivity index (χ2v) is 9.92. The number of hydrogen-bond donors (Lipinski definition) is 1. The maximum Gasteiger partial charge on any atom is 0.416 e. The molecule has 2 aromatic carbocycles. The van der Waals surface area contributed by atoms with E-state index in [1.54, 1.807) is 0 Å². The first-order valence-corrected chi connectivity index (χ1v) is 12.3. The number of piperazine rings is 1. The van der Waals surface area contributed by atoms with Crippen LogP contribution < -0.4 is 14.8 Å². The molecule has 0 aliphatic carbocycles. The number of nitrogens with zero attached hydrogens (tertiary/aromatic N) is 2. The van der Waals surface area contributed by atoms with E-state index < -0.39 is 33.7 Å². The van der Waals surface area contributed by atoms with Crippen molar-refractivity contribution in [2.45, 2.75) is 30.6 Å². The molecule has 1 saturated heterocycles. The molecular formula is C23H26F3N3O6S. The van der Waals surface area contributed by atoms with Crippen LogP contribution >= 0.6 is 0 Å². The molecule has 0 radical (unpaired) electrons. The minimum Gasteiger partial charge on any atom is -0.493 e. The predicted octanol–water partition coefficient (Wildman–Crippen LogP) is 2.26. The first-order valence-electron chi connectivity index (χ1n) is 10.8. The highest BCUT2D eigenvalue weighted by Gasteiger charge is 2.41. The Hall–Kier alpha value is -3.32. The largest absolute Gasteiger partial charge is 0.493 e. The van der Waals surface area contributed by atoms with Crippen molar-refractivity contribution in [3.8, 4) is 11.5 Å². The molecule has 0 aromatic heterocycles. The molecule has 13 heteroatoms. The van der Waals surface area contributed by atoms with Crippen LogP contribution in [0.3, 0.4) is 0 Å². The van der Waals surface area contributed by atoms with Crippen LogP contribution in [0.4, 0.5) is 13.2 Å². The zero-order valence-corrected chi connectivity index (χ0v) is 20.6. The van der Waals surface area contributed by atoms with Gasteiger partial charge in [-0.05, 0) is 29.8 Å². The van der Waals surface area contributed by atoms with Crippen molar-refractivity contribution in [1.82, 2.24) is 14.5 Å². The topological polar surface area (TPSA) is 105 Å². The number of ether oxygens (including phenoxy) is 2. The van der Waals surface area contributed by atoms with Crippen LogP contribution in [0.15, 0.2) is 47.4 Å². The molecule has 1 aliphatic rings. The van der Waals surface area contributed by atoms with Gasteiger partial charge in [-0.3, -0.25) is 9.59 Å². The highest BCUT2D eigenvalue weighted by atomic mass is 32.2. The van der Waals surface area contributed by atoms with Crippen molar-refractivity contribution < 1.29 is 40.7 Å². The van der Waals surface area contributed by atoms with E-state index in [-0.39, 0.29) is 42.7 Å². The third kappa shape index (κ3) is 5.90. The molecule has 0 saturated carbocycles. The molecule has 1 unspecified atom stereocenters. The van der Waals surface area contributed by atoms with Crippen LogP contribution in [0.25, 0.3) is 0 Å². The maximum atomic E-state index is 13.5. The van der Waals surface area contributed by atoms with E-state index in [2.05, 4.69) is 5.32 Å². The van der Waals surface area contributed by atoms with Crippen molar-refractivity contribution in [3.05, 3.63) is 53.6 Å². The molecule has 0 spiro atoms. The summed E-state index contributed by atoms with van der Waals surface area (Å²) in [6, 6.07) is 7.02. The fraction of sp³-hybridized carbons (Fsp3) is 0.391. The van der Waals surface area contributed by atoms with Crippen molar-refractivity contribution in [3.63, 3.8) is 0 Å². The van der Waals surface area contributed by atoms with Crippen molar-refractivity contribution in [1.29, 1.82) is 0 Å². The quantitative estimate of drug-likeness (QED) is 0.590. The number of alkyl halides is 3. The third-order valence-corrected chi connectivity index (χ3v) is 7.69. The summed E-state index contributed by atoms with van der Waals surface area (Å²) in [7, 11) is -1.43. The number of rotatable bonds is 7. The van der Waals surface area contributed by atoms with E-state index in [0.29, 0.717) is 11.3 Å². The molecule has 0 bridgehead atoms. The monoisotopic (exact) mass is 529 g/mol. The highest BCUT2D eigenvalue weighted by molar-refractivity contribution is 7.89. The van der Waals surface area contributed by atoms with Gasteiger partial charge in [0.15, 0.2) is 11.5 Å². The number of amides is 2. The van der Waals surface area contributed by atoms with E-state index in [1.807, 2.05) is 0 Å². The summed E-state index contributed by atoms with van der Waals surface area (Å²) in [6.07, 6.45) is -4.49. The van der Waals surface area contributed by atoms with Gasteiger partial charge in [0.05, 0.1) is 24.7 Å². The van der Waals surface area contributed by atoms with Gasteiger partial charge in [-0.2, -0.15) is 17.5 Å². The van der Waals surface area contributed by atoms with E-state index in [4.69, 9.17) is 9.47 Å². The summed E-state index contributed by atoms with van der Waals surface area (Å²) in [4.78, 5) is 26.3. The number of carbonyl (C=O) groups is 2. The average Bonchev–Trinajstić information content (AvgIpc) is 2.86. The number of hydrogen-bond acceptors (Lipinski definition) is 6. The van der Waals surface area contributed by atoms with Gasteiger partial charge in [-0.1, -0.05) is 12.1 Å². The first kappa shape index (κ1) is 27.3. The Morgan fingerprint density at radius 2 is 1.67 bits per heavy atom. The minimum atomic E-state index is -4.49. The van der Waals surface area contributed by atoms with E-state index >= 15 is 0 Å². The van der Waals surface area contributed by atoms with Gasteiger partial charge in [0.1, 0.15) is 6.04 Å². The molecule has 1 N–H and O–H groups in total. The molecule has 1 aliphatic heterocycles. The summed E-state index contributed by atoms with van der Waals surface area (Å²) in [5, 5.41) is 2.57. The van der Waals surface area contributed by atoms with Crippen LogP contribution in [0.5, 0.6) is 11.5 Å². The van der Waals surface area contributed by atoms with Gasteiger partial charge in [0, 0.05) is 39.2 Å². The second kappa shape index (κ2) is 10.7. The Labute approximate surface area is 206 Å². The van der Waals surface area contributed by atoms with Crippen molar-refractivity contribution in [2.24, 2.45) is 0 Å². The molecule has 1 heterocycles. The summed E-state index contributed by atoms with van der Waals surface area (Å²) in [6.45, 7) is 0.966. The normalized spacial score (nSPS) is 16.9. The van der Waals surface area contributed by atoms with Gasteiger partial charge in [0.2, 0.25) is 21.8 Å². The summed E-state index contributed by atoms with van der Waals surface area (Å²) >= 11 is 0. The molecule has 196 valence electrons. The zero-order chi connectivity index (χ0) is 26.7. The number of methoxy groups -OCH3 is 2. The van der Waals surface area contributed by atoms with Gasteiger partial charge in [-0.15, -0.1) is 0 Å². The van der Waals surface area contributed by atoms with Gasteiger partial charge in [-0.25, -0.2) is 8.42 Å². The number of halogens is 3. The summed E-state index contributed by atoms with van der Waals surface area (Å²) in [5.74, 6) is -0.503. The van der Waals surface area contributed by atoms with Crippen LogP contribution in [-0.4, -0.2) is 69.3 Å². The number of nitrogens with one attached hydrogen (secondary N) is 1. The lowest BCUT2D eigenvalue weighted by molar-refractivity contribution is -0.138. The molecule has 1 fully saturated rings. The van der Waals surface area contributed by atoms with Crippen LogP contribution in [0.1, 0.15) is 18.1 Å². The summed E-state index contributed by atoms with van der Waals surface area (Å²) in [5.41, 5.74) is -0.431. The van der Waals surface area contributed by atoms with Crippen molar-refractivity contribution >= 4 is 21.8 Å². The highest BCUT2D eigenvalue weighted by Crippen LogP contribution is 2.32. The maximum absolute atomic E-state index is 13.5. The Morgan fingerprint density at radius 1 is 1.03 bits per heavy atom. The molecule has 36 heavy (non-hydrogen) atoms. The lowest BCUT2D eigenvalue weighted by atomic mass is 10.1. The second-order valence-electron chi connectivity index (χ2n) is 8.03. The molecule has 1 atom stereocenters. The Balaban J connectivity index is 1.84. The lowest BCUT2D eigenvalue weighted by Crippen LogP contribution is -2.61. The average molecular weight is 530 g/mol. The Kier molecular flexibility index (Phi) is 8.14. The van der Waals surface area contributed by atoms with Crippen LogP contribution in [0.2, 0.25) is 0 Å². The molecule has 9 nitrogen and oxygen atoms in total. The van der Waals surface area contributed by atoms with E-state index in [1.165, 1.54) is 56.4 Å². The first-order chi connectivity index (χ1) is 16.9.